The molecule has 2 N–H and O–H groups in total. The molecule has 0 rings (SSSR count). The van der Waals surface area contributed by atoms with E-state index in [-0.39, 0.29) is 44.1 Å². The summed E-state index contributed by atoms with van der Waals surface area (Å²) in [4.78, 5) is 37.8. The van der Waals surface area contributed by atoms with Crippen molar-refractivity contribution in [3.8, 4) is 0 Å². The van der Waals surface area contributed by atoms with Crippen molar-refractivity contribution in [1.29, 1.82) is 0 Å². The van der Waals surface area contributed by atoms with Crippen molar-refractivity contribution in [3.63, 3.8) is 0 Å². The van der Waals surface area contributed by atoms with Gasteiger partial charge in [0.2, 0.25) is 5.91 Å². The molecular formula is C27H52N2O5. The number of ether oxygens (including phenoxy) is 2. The molecule has 0 spiro atoms. The van der Waals surface area contributed by atoms with Crippen molar-refractivity contribution in [2.24, 2.45) is 5.73 Å². The zero-order valence-corrected chi connectivity index (χ0v) is 22.3. The fourth-order valence-corrected chi connectivity index (χ4v) is 3.76. The normalized spacial score (nSPS) is 11.8. The highest BCUT2D eigenvalue weighted by Gasteiger charge is 2.18. The van der Waals surface area contributed by atoms with Gasteiger partial charge in [0.15, 0.2) is 0 Å². The minimum atomic E-state index is -0.660. The monoisotopic (exact) mass is 484 g/mol. The number of unbranched alkanes of at least 4 members (excludes halogenated alkanes) is 12. The quantitative estimate of drug-likeness (QED) is 0.151. The van der Waals surface area contributed by atoms with E-state index in [2.05, 4.69) is 13.8 Å². The Morgan fingerprint density at radius 2 is 1.00 bits per heavy atom. The summed E-state index contributed by atoms with van der Waals surface area (Å²) in [5, 5.41) is 0. The molecule has 0 aromatic carbocycles. The topological polar surface area (TPSA) is 98.9 Å². The molecule has 0 saturated carbocycles. The van der Waals surface area contributed by atoms with Crippen LogP contribution in [0.15, 0.2) is 0 Å². The van der Waals surface area contributed by atoms with E-state index in [9.17, 15) is 14.4 Å². The SMILES string of the molecule is CCCCCCCCCC(=O)OCCN(CCOC(=O)CCCCCCCCC)C(=O)C(C)N. The molecule has 0 aromatic rings. The molecule has 0 bridgehead atoms. The van der Waals surface area contributed by atoms with Gasteiger partial charge >= 0.3 is 11.9 Å². The van der Waals surface area contributed by atoms with Crippen LogP contribution in [0.4, 0.5) is 0 Å². The molecule has 1 unspecified atom stereocenters. The van der Waals surface area contributed by atoms with Crippen molar-refractivity contribution < 1.29 is 23.9 Å². The number of hydrogen-bond acceptors (Lipinski definition) is 6. The molecule has 0 saturated heterocycles. The maximum Gasteiger partial charge on any atom is 0.305 e. The summed E-state index contributed by atoms with van der Waals surface area (Å²) in [7, 11) is 0. The first kappa shape index (κ1) is 32.4. The van der Waals surface area contributed by atoms with Crippen LogP contribution in [0, 0.1) is 0 Å². The molecule has 0 aromatic heterocycles. The fourth-order valence-electron chi connectivity index (χ4n) is 3.76. The van der Waals surface area contributed by atoms with Gasteiger partial charge in [-0.25, -0.2) is 0 Å². The van der Waals surface area contributed by atoms with Gasteiger partial charge in [0, 0.05) is 12.8 Å². The largest absolute Gasteiger partial charge is 0.464 e. The molecule has 0 aliphatic rings. The second-order valence-electron chi connectivity index (χ2n) is 9.30. The van der Waals surface area contributed by atoms with Crippen LogP contribution < -0.4 is 5.73 Å². The van der Waals surface area contributed by atoms with Crippen LogP contribution in [0.1, 0.15) is 124 Å². The van der Waals surface area contributed by atoms with E-state index in [1.807, 2.05) is 0 Å². The Kier molecular flexibility index (Phi) is 22.0. The van der Waals surface area contributed by atoms with Gasteiger partial charge in [-0.3, -0.25) is 14.4 Å². The molecule has 0 aliphatic carbocycles. The smallest absolute Gasteiger partial charge is 0.305 e. The van der Waals surface area contributed by atoms with Gasteiger partial charge in [-0.05, 0) is 19.8 Å². The van der Waals surface area contributed by atoms with Crippen LogP contribution in [0.5, 0.6) is 0 Å². The standard InChI is InChI=1S/C27H52N2O5/c1-4-6-8-10-12-14-16-18-25(30)33-22-20-29(27(32)24(3)28)21-23-34-26(31)19-17-15-13-11-9-7-5-2/h24H,4-23,28H2,1-3H3. The van der Waals surface area contributed by atoms with E-state index < -0.39 is 6.04 Å². The molecule has 34 heavy (non-hydrogen) atoms. The molecule has 0 fully saturated rings. The molecule has 200 valence electrons. The number of amides is 1. The van der Waals surface area contributed by atoms with Crippen LogP contribution in [0.3, 0.4) is 0 Å². The molecule has 1 amide bonds. The van der Waals surface area contributed by atoms with E-state index in [0.29, 0.717) is 12.8 Å². The summed E-state index contributed by atoms with van der Waals surface area (Å²) in [6, 6.07) is -0.660. The van der Waals surface area contributed by atoms with E-state index >= 15 is 0 Å². The maximum absolute atomic E-state index is 12.4. The van der Waals surface area contributed by atoms with Crippen molar-refractivity contribution in [2.75, 3.05) is 26.3 Å². The van der Waals surface area contributed by atoms with Crippen LogP contribution in [0.25, 0.3) is 0 Å². The lowest BCUT2D eigenvalue weighted by molar-refractivity contribution is -0.148. The minimum absolute atomic E-state index is 0.125. The van der Waals surface area contributed by atoms with Crippen molar-refractivity contribution >= 4 is 17.8 Å². The van der Waals surface area contributed by atoms with Gasteiger partial charge in [-0.15, -0.1) is 0 Å². The highest BCUT2D eigenvalue weighted by Crippen LogP contribution is 2.10. The lowest BCUT2D eigenvalue weighted by atomic mass is 10.1. The number of hydrogen-bond donors (Lipinski definition) is 1. The molecule has 0 aliphatic heterocycles. The minimum Gasteiger partial charge on any atom is -0.464 e. The number of carbonyl (C=O) groups is 3. The van der Waals surface area contributed by atoms with Crippen molar-refractivity contribution in [3.05, 3.63) is 0 Å². The molecule has 7 nitrogen and oxygen atoms in total. The molecule has 7 heteroatoms. The third kappa shape index (κ3) is 19.8. The van der Waals surface area contributed by atoms with E-state index in [4.69, 9.17) is 15.2 Å². The Labute approximate surface area is 208 Å². The lowest BCUT2D eigenvalue weighted by Gasteiger charge is -2.24. The van der Waals surface area contributed by atoms with Crippen LogP contribution >= 0.6 is 0 Å². The van der Waals surface area contributed by atoms with Crippen LogP contribution in [-0.4, -0.2) is 55.1 Å². The Morgan fingerprint density at radius 3 is 1.35 bits per heavy atom. The maximum atomic E-state index is 12.4. The molecule has 0 radical (unpaired) electrons. The van der Waals surface area contributed by atoms with Crippen molar-refractivity contribution in [1.82, 2.24) is 4.90 Å². The summed E-state index contributed by atoms with van der Waals surface area (Å²) in [6.45, 7) is 6.76. The zero-order chi connectivity index (χ0) is 25.4. The van der Waals surface area contributed by atoms with Crippen LogP contribution in [0.2, 0.25) is 0 Å². The average molecular weight is 485 g/mol. The first-order chi connectivity index (χ1) is 16.4. The summed E-state index contributed by atoms with van der Waals surface area (Å²) < 4.78 is 10.6. The van der Waals surface area contributed by atoms with E-state index in [1.54, 1.807) is 6.92 Å². The second-order valence-corrected chi connectivity index (χ2v) is 9.30. The summed E-state index contributed by atoms with van der Waals surface area (Å²) >= 11 is 0. The van der Waals surface area contributed by atoms with Gasteiger partial charge in [0.25, 0.3) is 0 Å². The third-order valence-corrected chi connectivity index (χ3v) is 5.92. The predicted molar refractivity (Wildman–Crippen MR) is 137 cm³/mol. The van der Waals surface area contributed by atoms with Crippen molar-refractivity contribution in [2.45, 2.75) is 130 Å². The number of nitrogens with two attached hydrogens (primary N) is 1. The lowest BCUT2D eigenvalue weighted by Crippen LogP contribution is -2.45. The van der Waals surface area contributed by atoms with Gasteiger partial charge in [0.05, 0.1) is 19.1 Å². The summed E-state index contributed by atoms with van der Waals surface area (Å²) in [6.07, 6.45) is 16.9. The first-order valence-corrected chi connectivity index (χ1v) is 13.8. The Balaban J connectivity index is 4.02. The molecule has 1 atom stereocenters. The summed E-state index contributed by atoms with van der Waals surface area (Å²) in [5.74, 6) is -0.711. The summed E-state index contributed by atoms with van der Waals surface area (Å²) in [5.41, 5.74) is 5.74. The molecular weight excluding hydrogens is 432 g/mol. The Hall–Kier alpha value is -1.63. The highest BCUT2D eigenvalue weighted by molar-refractivity contribution is 5.81. The van der Waals surface area contributed by atoms with Gasteiger partial charge in [0.1, 0.15) is 13.2 Å². The van der Waals surface area contributed by atoms with E-state index in [0.717, 1.165) is 38.5 Å². The zero-order valence-electron chi connectivity index (χ0n) is 22.3. The number of esters is 2. The van der Waals surface area contributed by atoms with Gasteiger partial charge < -0.3 is 20.1 Å². The average Bonchev–Trinajstić information content (AvgIpc) is 2.81. The predicted octanol–water partition coefficient (Wildman–Crippen LogP) is 5.53. The second kappa shape index (κ2) is 23.1. The third-order valence-electron chi connectivity index (χ3n) is 5.92. The van der Waals surface area contributed by atoms with Crippen LogP contribution in [-0.2, 0) is 23.9 Å². The number of nitrogens with zero attached hydrogens (tertiary/aromatic N) is 1. The first-order valence-electron chi connectivity index (χ1n) is 13.8. The number of rotatable bonds is 23. The fraction of sp³-hybridized carbons (Fsp3) is 0.889. The Bertz CT molecular complexity index is 489. The number of carbonyl (C=O) groups excluding carboxylic acids is 3. The van der Waals surface area contributed by atoms with E-state index in [1.165, 1.54) is 56.3 Å². The highest BCUT2D eigenvalue weighted by atomic mass is 16.5. The Morgan fingerprint density at radius 1 is 0.647 bits per heavy atom. The molecule has 0 heterocycles. The van der Waals surface area contributed by atoms with Gasteiger partial charge in [-0.1, -0.05) is 90.9 Å². The van der Waals surface area contributed by atoms with Gasteiger partial charge in [-0.2, -0.15) is 0 Å².